The number of amides is 1. The summed E-state index contributed by atoms with van der Waals surface area (Å²) in [4.78, 5) is 12.3. The lowest BCUT2D eigenvalue weighted by Crippen LogP contribution is -2.26. The van der Waals surface area contributed by atoms with Gasteiger partial charge in [0.05, 0.1) is 17.8 Å². The van der Waals surface area contributed by atoms with Crippen LogP contribution in [0.2, 0.25) is 0 Å². The van der Waals surface area contributed by atoms with Crippen molar-refractivity contribution in [3.63, 3.8) is 0 Å². The van der Waals surface area contributed by atoms with Crippen LogP contribution in [0.4, 0.5) is 5.69 Å². The summed E-state index contributed by atoms with van der Waals surface area (Å²) in [6.07, 6.45) is 1.73. The molecule has 106 valence electrons. The summed E-state index contributed by atoms with van der Waals surface area (Å²) in [5, 5.41) is 10.8. The third-order valence-electron chi connectivity index (χ3n) is 3.49. The quantitative estimate of drug-likeness (QED) is 0.645. The van der Waals surface area contributed by atoms with E-state index in [-0.39, 0.29) is 11.9 Å². The number of nitrogens with zero attached hydrogens (tertiary/aromatic N) is 1. The minimum absolute atomic E-state index is 0.0874. The molecule has 0 aliphatic rings. The monoisotopic (exact) mass is 280 g/mol. The number of rotatable bonds is 3. The Bertz CT molecular complexity index is 776. The average molecular weight is 280 g/mol. The first-order chi connectivity index (χ1) is 10.1. The number of nitrogens with one attached hydrogen (secondary N) is 2. The van der Waals surface area contributed by atoms with E-state index in [0.29, 0.717) is 11.3 Å². The Balaban J connectivity index is 1.77. The first kappa shape index (κ1) is 13.2. The molecule has 4 N–H and O–H groups in total. The Kier molecular flexibility index (Phi) is 3.31. The fourth-order valence-corrected chi connectivity index (χ4v) is 2.23. The highest BCUT2D eigenvalue weighted by Crippen LogP contribution is 2.17. The second-order valence-corrected chi connectivity index (χ2v) is 5.03. The van der Waals surface area contributed by atoms with E-state index in [1.807, 2.05) is 37.3 Å². The van der Waals surface area contributed by atoms with E-state index in [2.05, 4.69) is 15.5 Å². The van der Waals surface area contributed by atoms with Gasteiger partial charge in [0, 0.05) is 16.6 Å². The minimum Gasteiger partial charge on any atom is -0.399 e. The lowest BCUT2D eigenvalue weighted by Gasteiger charge is -2.14. The van der Waals surface area contributed by atoms with Gasteiger partial charge in [-0.25, -0.2) is 0 Å². The topological polar surface area (TPSA) is 83.8 Å². The molecule has 5 nitrogen and oxygen atoms in total. The van der Waals surface area contributed by atoms with Gasteiger partial charge in [-0.3, -0.25) is 9.89 Å². The number of aromatic nitrogens is 2. The van der Waals surface area contributed by atoms with Crippen molar-refractivity contribution in [3.05, 3.63) is 59.8 Å². The van der Waals surface area contributed by atoms with Crippen molar-refractivity contribution in [2.24, 2.45) is 0 Å². The normalized spacial score (nSPS) is 12.2. The zero-order valence-corrected chi connectivity index (χ0v) is 11.6. The number of benzene rings is 2. The molecule has 5 heteroatoms. The van der Waals surface area contributed by atoms with E-state index in [1.54, 1.807) is 18.3 Å². The van der Waals surface area contributed by atoms with Crippen molar-refractivity contribution >= 4 is 22.5 Å². The van der Waals surface area contributed by atoms with Crippen LogP contribution in [0, 0.1) is 0 Å². The molecule has 21 heavy (non-hydrogen) atoms. The van der Waals surface area contributed by atoms with Crippen LogP contribution < -0.4 is 11.1 Å². The van der Waals surface area contributed by atoms with Gasteiger partial charge in [0.2, 0.25) is 0 Å². The highest BCUT2D eigenvalue weighted by atomic mass is 16.1. The Hall–Kier alpha value is -2.82. The van der Waals surface area contributed by atoms with Crippen LogP contribution in [0.1, 0.15) is 28.9 Å². The maximum absolute atomic E-state index is 12.3. The van der Waals surface area contributed by atoms with E-state index in [9.17, 15) is 4.79 Å². The molecule has 0 spiro atoms. The summed E-state index contributed by atoms with van der Waals surface area (Å²) in [5.74, 6) is -0.115. The predicted molar refractivity (Wildman–Crippen MR) is 82.8 cm³/mol. The van der Waals surface area contributed by atoms with E-state index < -0.39 is 0 Å². The van der Waals surface area contributed by atoms with Crippen LogP contribution in [-0.4, -0.2) is 16.1 Å². The average Bonchev–Trinajstić information content (AvgIpc) is 2.95. The maximum atomic E-state index is 12.3. The van der Waals surface area contributed by atoms with Gasteiger partial charge < -0.3 is 11.1 Å². The lowest BCUT2D eigenvalue weighted by atomic mass is 10.1. The standard InChI is InChI=1S/C16H16N4O/c1-10(11-4-6-14(17)7-5-11)19-16(21)12-2-3-13-9-18-20-15(13)8-12/h2-10H,17H2,1H3,(H,18,20)(H,19,21). The largest absolute Gasteiger partial charge is 0.399 e. The first-order valence-corrected chi connectivity index (χ1v) is 6.73. The predicted octanol–water partition coefficient (Wildman–Crippen LogP) is 2.64. The summed E-state index contributed by atoms with van der Waals surface area (Å²) in [6.45, 7) is 1.94. The molecular weight excluding hydrogens is 264 g/mol. The molecule has 0 fully saturated rings. The van der Waals surface area contributed by atoms with Crippen LogP contribution in [0.5, 0.6) is 0 Å². The molecular formula is C16H16N4O. The van der Waals surface area contributed by atoms with E-state index in [0.717, 1.165) is 16.5 Å². The third kappa shape index (κ3) is 2.72. The second-order valence-electron chi connectivity index (χ2n) is 5.03. The molecule has 0 saturated carbocycles. The highest BCUT2D eigenvalue weighted by molar-refractivity contribution is 5.97. The number of anilines is 1. The Labute approximate surface area is 122 Å². The minimum atomic E-state index is -0.115. The Morgan fingerprint density at radius 2 is 2.00 bits per heavy atom. The molecule has 0 aliphatic heterocycles. The molecule has 0 radical (unpaired) electrons. The van der Waals surface area contributed by atoms with Crippen LogP contribution in [0.25, 0.3) is 10.9 Å². The van der Waals surface area contributed by atoms with Gasteiger partial charge in [0.25, 0.3) is 5.91 Å². The number of carbonyl (C=O) groups excluding carboxylic acids is 1. The van der Waals surface area contributed by atoms with E-state index >= 15 is 0 Å². The van der Waals surface area contributed by atoms with Crippen molar-refractivity contribution < 1.29 is 4.79 Å². The van der Waals surface area contributed by atoms with E-state index in [1.165, 1.54) is 0 Å². The Morgan fingerprint density at radius 1 is 1.24 bits per heavy atom. The van der Waals surface area contributed by atoms with Crippen molar-refractivity contribution in [2.45, 2.75) is 13.0 Å². The number of H-pyrrole nitrogens is 1. The summed E-state index contributed by atoms with van der Waals surface area (Å²) >= 11 is 0. The second kappa shape index (κ2) is 5.28. The summed E-state index contributed by atoms with van der Waals surface area (Å²) in [7, 11) is 0. The molecule has 3 rings (SSSR count). The van der Waals surface area contributed by atoms with Gasteiger partial charge in [-0.1, -0.05) is 18.2 Å². The van der Waals surface area contributed by atoms with Crippen LogP contribution >= 0.6 is 0 Å². The summed E-state index contributed by atoms with van der Waals surface area (Å²) in [5.41, 5.74) is 8.84. The van der Waals surface area contributed by atoms with Gasteiger partial charge in [-0.15, -0.1) is 0 Å². The smallest absolute Gasteiger partial charge is 0.251 e. The number of hydrogen-bond acceptors (Lipinski definition) is 3. The van der Waals surface area contributed by atoms with Crippen molar-refractivity contribution in [3.8, 4) is 0 Å². The molecule has 0 bridgehead atoms. The van der Waals surface area contributed by atoms with Crippen LogP contribution in [0.3, 0.4) is 0 Å². The maximum Gasteiger partial charge on any atom is 0.251 e. The SMILES string of the molecule is CC(NC(=O)c1ccc2cn[nH]c2c1)c1ccc(N)cc1. The molecule has 3 aromatic rings. The number of nitrogen functional groups attached to an aromatic ring is 1. The number of aromatic amines is 1. The van der Waals surface area contributed by atoms with Gasteiger partial charge in [-0.2, -0.15) is 5.10 Å². The van der Waals surface area contributed by atoms with E-state index in [4.69, 9.17) is 5.73 Å². The van der Waals surface area contributed by atoms with Crippen molar-refractivity contribution in [1.82, 2.24) is 15.5 Å². The molecule has 1 atom stereocenters. The highest BCUT2D eigenvalue weighted by Gasteiger charge is 2.12. The van der Waals surface area contributed by atoms with Crippen molar-refractivity contribution in [1.29, 1.82) is 0 Å². The summed E-state index contributed by atoms with van der Waals surface area (Å²) < 4.78 is 0. The zero-order valence-electron chi connectivity index (χ0n) is 11.6. The molecule has 1 amide bonds. The van der Waals surface area contributed by atoms with Gasteiger partial charge in [0.15, 0.2) is 0 Å². The molecule has 0 saturated heterocycles. The van der Waals surface area contributed by atoms with Crippen LogP contribution in [0.15, 0.2) is 48.7 Å². The molecule has 1 unspecified atom stereocenters. The Morgan fingerprint density at radius 3 is 2.76 bits per heavy atom. The number of nitrogens with two attached hydrogens (primary N) is 1. The number of carbonyl (C=O) groups is 1. The van der Waals surface area contributed by atoms with Gasteiger partial charge >= 0.3 is 0 Å². The third-order valence-corrected chi connectivity index (χ3v) is 3.49. The fraction of sp³-hybridized carbons (Fsp3) is 0.125. The zero-order chi connectivity index (χ0) is 14.8. The molecule has 2 aromatic carbocycles. The van der Waals surface area contributed by atoms with Crippen LogP contribution in [-0.2, 0) is 0 Å². The first-order valence-electron chi connectivity index (χ1n) is 6.73. The van der Waals surface area contributed by atoms with Crippen molar-refractivity contribution in [2.75, 3.05) is 5.73 Å². The lowest BCUT2D eigenvalue weighted by molar-refractivity contribution is 0.0940. The molecule has 1 aromatic heterocycles. The van der Waals surface area contributed by atoms with Gasteiger partial charge in [-0.05, 0) is 36.8 Å². The fourth-order valence-electron chi connectivity index (χ4n) is 2.23. The van der Waals surface area contributed by atoms with Gasteiger partial charge in [0.1, 0.15) is 0 Å². The molecule has 1 heterocycles. The number of fused-ring (bicyclic) bond motifs is 1. The summed E-state index contributed by atoms with van der Waals surface area (Å²) in [6, 6.07) is 12.9. The number of hydrogen-bond donors (Lipinski definition) is 3. The molecule has 0 aliphatic carbocycles.